The maximum Gasteiger partial charge on any atom is 0.222 e. The Morgan fingerprint density at radius 2 is 2.04 bits per heavy atom. The van der Waals surface area contributed by atoms with Gasteiger partial charge in [-0.3, -0.25) is 19.7 Å². The number of carbonyl (C=O) groups is 1. The zero-order valence-electron chi connectivity index (χ0n) is 14.5. The summed E-state index contributed by atoms with van der Waals surface area (Å²) in [6.45, 7) is 4.89. The summed E-state index contributed by atoms with van der Waals surface area (Å²) in [4.78, 5) is 25.5. The zero-order chi connectivity index (χ0) is 17.1. The number of carbonyl (C=O) groups excluding carboxylic acids is 1. The van der Waals surface area contributed by atoms with E-state index < -0.39 is 0 Å². The van der Waals surface area contributed by atoms with Crippen LogP contribution in [0.2, 0.25) is 0 Å². The maximum absolute atomic E-state index is 12.5. The van der Waals surface area contributed by atoms with Crippen molar-refractivity contribution in [3.05, 3.63) is 60.2 Å². The fourth-order valence-corrected chi connectivity index (χ4v) is 4.10. The highest BCUT2D eigenvalue weighted by molar-refractivity contribution is 5.76. The first-order valence-corrected chi connectivity index (χ1v) is 9.01. The van der Waals surface area contributed by atoms with E-state index in [0.29, 0.717) is 11.8 Å². The number of hydrogen-bond donors (Lipinski definition) is 0. The van der Waals surface area contributed by atoms with Crippen molar-refractivity contribution in [2.45, 2.75) is 25.8 Å². The lowest BCUT2D eigenvalue weighted by Gasteiger charge is -2.48. The minimum absolute atomic E-state index is 0.281. The number of likely N-dealkylation sites (tertiary alicyclic amines) is 2. The SMILES string of the molecule is O=C(CCc1cccnc1)N1CCC2(CN(Cc3ccccn3)C2)C1. The lowest BCUT2D eigenvalue weighted by molar-refractivity contribution is -0.131. The molecule has 5 nitrogen and oxygen atoms in total. The summed E-state index contributed by atoms with van der Waals surface area (Å²) >= 11 is 0. The molecule has 2 aromatic rings. The van der Waals surface area contributed by atoms with Crippen LogP contribution in [0.15, 0.2) is 48.9 Å². The molecule has 4 heterocycles. The lowest BCUT2D eigenvalue weighted by Crippen LogP contribution is -2.57. The van der Waals surface area contributed by atoms with Crippen LogP contribution in [-0.4, -0.2) is 51.9 Å². The van der Waals surface area contributed by atoms with E-state index in [4.69, 9.17) is 0 Å². The Hall–Kier alpha value is -2.27. The maximum atomic E-state index is 12.5. The van der Waals surface area contributed by atoms with Crippen LogP contribution in [0.25, 0.3) is 0 Å². The van der Waals surface area contributed by atoms with E-state index >= 15 is 0 Å². The number of rotatable bonds is 5. The van der Waals surface area contributed by atoms with Gasteiger partial charge in [-0.05, 0) is 36.6 Å². The van der Waals surface area contributed by atoms with E-state index in [2.05, 4.69) is 25.8 Å². The van der Waals surface area contributed by atoms with Gasteiger partial charge in [0.2, 0.25) is 5.91 Å². The van der Waals surface area contributed by atoms with Crippen LogP contribution in [-0.2, 0) is 17.8 Å². The Morgan fingerprint density at radius 3 is 2.80 bits per heavy atom. The minimum Gasteiger partial charge on any atom is -0.342 e. The number of aryl methyl sites for hydroxylation is 1. The van der Waals surface area contributed by atoms with Crippen LogP contribution < -0.4 is 0 Å². The minimum atomic E-state index is 0.281. The van der Waals surface area contributed by atoms with Gasteiger partial charge >= 0.3 is 0 Å². The second kappa shape index (κ2) is 6.92. The Bertz CT molecular complexity index is 713. The van der Waals surface area contributed by atoms with Gasteiger partial charge in [-0.25, -0.2) is 0 Å². The van der Waals surface area contributed by atoms with E-state index in [1.165, 1.54) is 0 Å². The highest BCUT2D eigenvalue weighted by Crippen LogP contribution is 2.40. The van der Waals surface area contributed by atoms with Crippen molar-refractivity contribution in [1.82, 2.24) is 19.8 Å². The Morgan fingerprint density at radius 1 is 1.12 bits per heavy atom. The molecule has 2 saturated heterocycles. The average molecular weight is 336 g/mol. The van der Waals surface area contributed by atoms with Gasteiger partial charge < -0.3 is 4.90 Å². The standard InChI is InChI=1S/C20H24N4O/c25-19(7-6-17-4-3-9-21-12-17)24-11-8-20(16-24)14-23(15-20)13-18-5-1-2-10-22-18/h1-5,9-10,12H,6-8,11,13-16H2. The van der Waals surface area contributed by atoms with Gasteiger partial charge in [0.25, 0.3) is 0 Å². The van der Waals surface area contributed by atoms with Crippen molar-refractivity contribution in [1.29, 1.82) is 0 Å². The molecule has 1 amide bonds. The first kappa shape index (κ1) is 16.2. The first-order chi connectivity index (χ1) is 12.2. The van der Waals surface area contributed by atoms with Crippen molar-refractivity contribution < 1.29 is 4.79 Å². The summed E-state index contributed by atoms with van der Waals surface area (Å²) in [7, 11) is 0. The number of nitrogens with zero attached hydrogens (tertiary/aromatic N) is 4. The van der Waals surface area contributed by atoms with Crippen molar-refractivity contribution in [2.24, 2.45) is 5.41 Å². The van der Waals surface area contributed by atoms with E-state index in [-0.39, 0.29) is 5.91 Å². The molecule has 0 N–H and O–H groups in total. The first-order valence-electron chi connectivity index (χ1n) is 9.01. The third kappa shape index (κ3) is 3.71. The smallest absolute Gasteiger partial charge is 0.222 e. The van der Waals surface area contributed by atoms with Crippen molar-refractivity contribution >= 4 is 5.91 Å². The molecule has 2 aliphatic rings. The molecule has 2 aliphatic heterocycles. The molecule has 130 valence electrons. The quantitative estimate of drug-likeness (QED) is 0.839. The Kier molecular flexibility index (Phi) is 4.49. The summed E-state index contributed by atoms with van der Waals surface area (Å²) in [6.07, 6.45) is 7.96. The van der Waals surface area contributed by atoms with Gasteiger partial charge in [-0.1, -0.05) is 12.1 Å². The highest BCUT2D eigenvalue weighted by Gasteiger charge is 2.48. The number of aromatic nitrogens is 2. The molecule has 0 atom stereocenters. The zero-order valence-corrected chi connectivity index (χ0v) is 14.5. The van der Waals surface area contributed by atoms with Crippen LogP contribution in [0.1, 0.15) is 24.1 Å². The van der Waals surface area contributed by atoms with Crippen LogP contribution in [0.5, 0.6) is 0 Å². The molecule has 0 bridgehead atoms. The normalized spacial score (nSPS) is 19.1. The van der Waals surface area contributed by atoms with E-state index in [9.17, 15) is 4.79 Å². The lowest BCUT2D eigenvalue weighted by atomic mass is 9.79. The third-order valence-corrected chi connectivity index (χ3v) is 5.37. The molecular formula is C20H24N4O. The molecule has 0 aromatic carbocycles. The largest absolute Gasteiger partial charge is 0.342 e. The van der Waals surface area contributed by atoms with Crippen LogP contribution in [0, 0.1) is 5.41 Å². The molecule has 4 rings (SSSR count). The molecule has 25 heavy (non-hydrogen) atoms. The number of amides is 1. The van der Waals surface area contributed by atoms with E-state index in [0.717, 1.165) is 56.8 Å². The molecule has 0 saturated carbocycles. The van der Waals surface area contributed by atoms with Crippen molar-refractivity contribution in [3.63, 3.8) is 0 Å². The van der Waals surface area contributed by atoms with Crippen LogP contribution in [0.3, 0.4) is 0 Å². The molecule has 1 spiro atoms. The van der Waals surface area contributed by atoms with Gasteiger partial charge in [0.05, 0.1) is 5.69 Å². The molecule has 0 aliphatic carbocycles. The molecular weight excluding hydrogens is 312 g/mol. The van der Waals surface area contributed by atoms with Crippen molar-refractivity contribution in [3.8, 4) is 0 Å². The van der Waals surface area contributed by atoms with E-state index in [1.807, 2.05) is 36.7 Å². The monoisotopic (exact) mass is 336 g/mol. The average Bonchev–Trinajstić information content (AvgIpc) is 3.07. The summed E-state index contributed by atoms with van der Waals surface area (Å²) in [5.41, 5.74) is 2.58. The fourth-order valence-electron chi connectivity index (χ4n) is 4.10. The van der Waals surface area contributed by atoms with Crippen LogP contribution >= 0.6 is 0 Å². The predicted molar refractivity (Wildman–Crippen MR) is 95.7 cm³/mol. The van der Waals surface area contributed by atoms with Gasteiger partial charge in [-0.15, -0.1) is 0 Å². The predicted octanol–water partition coefficient (Wildman–Crippen LogP) is 2.14. The molecule has 0 unspecified atom stereocenters. The second-order valence-corrected chi connectivity index (χ2v) is 7.39. The summed E-state index contributed by atoms with van der Waals surface area (Å²) in [6, 6.07) is 10.0. The van der Waals surface area contributed by atoms with Gasteiger partial charge in [0, 0.05) is 63.2 Å². The Labute approximate surface area is 148 Å². The van der Waals surface area contributed by atoms with Crippen molar-refractivity contribution in [2.75, 3.05) is 26.2 Å². The Balaban J connectivity index is 1.24. The summed E-state index contributed by atoms with van der Waals surface area (Å²) in [5, 5.41) is 0. The van der Waals surface area contributed by atoms with Gasteiger partial charge in [0.1, 0.15) is 0 Å². The molecule has 0 radical (unpaired) electrons. The summed E-state index contributed by atoms with van der Waals surface area (Å²) < 4.78 is 0. The summed E-state index contributed by atoms with van der Waals surface area (Å²) in [5.74, 6) is 0.281. The second-order valence-electron chi connectivity index (χ2n) is 7.39. The van der Waals surface area contributed by atoms with Gasteiger partial charge in [-0.2, -0.15) is 0 Å². The fraction of sp³-hybridized carbons (Fsp3) is 0.450. The van der Waals surface area contributed by atoms with Gasteiger partial charge in [0.15, 0.2) is 0 Å². The topological polar surface area (TPSA) is 49.3 Å². The highest BCUT2D eigenvalue weighted by atomic mass is 16.2. The molecule has 2 aromatic heterocycles. The number of pyridine rings is 2. The molecule has 2 fully saturated rings. The molecule has 5 heteroatoms. The third-order valence-electron chi connectivity index (χ3n) is 5.37. The van der Waals surface area contributed by atoms with Crippen LogP contribution in [0.4, 0.5) is 0 Å². The van der Waals surface area contributed by atoms with E-state index in [1.54, 1.807) is 6.20 Å². The number of hydrogen-bond acceptors (Lipinski definition) is 4.